The fourth-order valence-corrected chi connectivity index (χ4v) is 3.96. The standard InChI is InChI=1S/C19H21ClFN5O6/c1-5-7-25-12-15(20)23-18(22)24-16(12)26(19(25)29)17-14(31-9(4)28)11(21)13(32-17)10(6-2)30-8(3)27/h1,10-11,13-14,17H,6-7H2,2-4H3,(H2,22,23,24)/t10-,11-,13+,14+,17+/m0/s1. The third-order valence-corrected chi connectivity index (χ3v) is 5.14. The summed E-state index contributed by atoms with van der Waals surface area (Å²) in [5.41, 5.74) is 4.91. The van der Waals surface area contributed by atoms with Gasteiger partial charge >= 0.3 is 17.6 Å². The molecule has 0 unspecified atom stereocenters. The Kier molecular flexibility index (Phi) is 6.71. The van der Waals surface area contributed by atoms with Gasteiger partial charge in [-0.2, -0.15) is 9.97 Å². The second-order valence-electron chi connectivity index (χ2n) is 7.05. The molecule has 0 aromatic carbocycles. The van der Waals surface area contributed by atoms with E-state index in [2.05, 4.69) is 15.9 Å². The van der Waals surface area contributed by atoms with Gasteiger partial charge in [0, 0.05) is 13.8 Å². The van der Waals surface area contributed by atoms with E-state index in [0.717, 1.165) is 16.1 Å². The van der Waals surface area contributed by atoms with Crippen LogP contribution in [-0.4, -0.2) is 55.5 Å². The molecule has 11 nitrogen and oxygen atoms in total. The molecule has 0 amide bonds. The van der Waals surface area contributed by atoms with Gasteiger partial charge in [0.1, 0.15) is 17.7 Å². The lowest BCUT2D eigenvalue weighted by Crippen LogP contribution is -2.39. The van der Waals surface area contributed by atoms with Crippen molar-refractivity contribution < 1.29 is 28.2 Å². The van der Waals surface area contributed by atoms with Crippen LogP contribution < -0.4 is 11.4 Å². The molecular weight excluding hydrogens is 449 g/mol. The Labute approximate surface area is 186 Å². The van der Waals surface area contributed by atoms with Crippen molar-refractivity contribution in [3.05, 3.63) is 15.6 Å². The quantitative estimate of drug-likeness (QED) is 0.372. The maximum atomic E-state index is 15.4. The van der Waals surface area contributed by atoms with Crippen LogP contribution in [0.15, 0.2) is 4.79 Å². The van der Waals surface area contributed by atoms with Gasteiger partial charge in [-0.05, 0) is 6.42 Å². The molecule has 0 saturated carbocycles. The van der Waals surface area contributed by atoms with E-state index in [4.69, 9.17) is 38.0 Å². The minimum atomic E-state index is -1.93. The summed E-state index contributed by atoms with van der Waals surface area (Å²) in [6, 6.07) is 0. The SMILES string of the molecule is C#CCn1c(=O)n([C@@H]2O[C@H]([C@H](CC)OC(C)=O)[C@H](F)[C@H]2OC(C)=O)c2nc(N)nc(Cl)c21. The number of ether oxygens (including phenoxy) is 3. The number of nitrogens with zero attached hydrogens (tertiary/aromatic N) is 4. The van der Waals surface area contributed by atoms with Gasteiger partial charge < -0.3 is 19.9 Å². The summed E-state index contributed by atoms with van der Waals surface area (Å²) in [6.45, 7) is 3.72. The maximum Gasteiger partial charge on any atom is 0.333 e. The molecule has 0 aliphatic carbocycles. The molecule has 5 atom stereocenters. The van der Waals surface area contributed by atoms with Crippen LogP contribution in [0.4, 0.5) is 10.3 Å². The average Bonchev–Trinajstić information content (AvgIpc) is 3.14. The number of carbonyl (C=O) groups excluding carboxylic acids is 2. The van der Waals surface area contributed by atoms with Crippen LogP contribution in [0.5, 0.6) is 0 Å². The molecule has 13 heteroatoms. The van der Waals surface area contributed by atoms with Crippen LogP contribution in [0.25, 0.3) is 11.2 Å². The largest absolute Gasteiger partial charge is 0.460 e. The molecule has 0 radical (unpaired) electrons. The average molecular weight is 470 g/mol. The number of terminal acetylenes is 1. The van der Waals surface area contributed by atoms with E-state index in [-0.39, 0.29) is 35.2 Å². The fraction of sp³-hybridized carbons (Fsp3) is 0.526. The number of aromatic nitrogens is 4. The number of hydrogen-bond acceptors (Lipinski definition) is 9. The van der Waals surface area contributed by atoms with Gasteiger partial charge in [0.25, 0.3) is 0 Å². The Morgan fingerprint density at radius 3 is 2.62 bits per heavy atom. The topological polar surface area (TPSA) is 141 Å². The first-order valence-corrected chi connectivity index (χ1v) is 9.99. The number of carbonyl (C=O) groups is 2. The lowest BCUT2D eigenvalue weighted by atomic mass is 10.0. The summed E-state index contributed by atoms with van der Waals surface area (Å²) in [5.74, 6) is 0.616. The predicted octanol–water partition coefficient (Wildman–Crippen LogP) is 0.971. The zero-order chi connectivity index (χ0) is 23.7. The van der Waals surface area contributed by atoms with Crippen molar-refractivity contribution in [2.75, 3.05) is 5.73 Å². The van der Waals surface area contributed by atoms with Gasteiger partial charge in [-0.3, -0.25) is 14.2 Å². The van der Waals surface area contributed by atoms with Crippen molar-refractivity contribution in [2.24, 2.45) is 0 Å². The monoisotopic (exact) mass is 469 g/mol. The second kappa shape index (κ2) is 9.13. The van der Waals surface area contributed by atoms with E-state index < -0.39 is 48.3 Å². The number of rotatable bonds is 6. The smallest absolute Gasteiger partial charge is 0.333 e. The molecule has 3 heterocycles. The molecule has 172 valence electrons. The Bertz CT molecular complexity index is 1160. The highest BCUT2D eigenvalue weighted by atomic mass is 35.5. The van der Waals surface area contributed by atoms with Crippen molar-refractivity contribution in [1.82, 2.24) is 19.1 Å². The van der Waals surface area contributed by atoms with Gasteiger partial charge in [0.15, 0.2) is 29.3 Å². The fourth-order valence-electron chi connectivity index (χ4n) is 3.68. The summed E-state index contributed by atoms with van der Waals surface area (Å²) in [4.78, 5) is 44.3. The zero-order valence-electron chi connectivity index (χ0n) is 17.4. The van der Waals surface area contributed by atoms with E-state index in [1.165, 1.54) is 6.92 Å². The predicted molar refractivity (Wildman–Crippen MR) is 110 cm³/mol. The minimum absolute atomic E-state index is 0.0554. The molecule has 0 bridgehead atoms. The van der Waals surface area contributed by atoms with Crippen LogP contribution in [0.3, 0.4) is 0 Å². The summed E-state index contributed by atoms with van der Waals surface area (Å²) in [6.07, 6.45) is -1.70. The van der Waals surface area contributed by atoms with Crippen molar-refractivity contribution in [1.29, 1.82) is 0 Å². The van der Waals surface area contributed by atoms with Crippen LogP contribution >= 0.6 is 11.6 Å². The van der Waals surface area contributed by atoms with E-state index >= 15 is 4.39 Å². The minimum Gasteiger partial charge on any atom is -0.460 e. The number of hydrogen-bond donors (Lipinski definition) is 1. The van der Waals surface area contributed by atoms with Crippen LogP contribution in [0.2, 0.25) is 5.15 Å². The number of nitrogen functional groups attached to an aromatic ring is 1. The molecule has 3 rings (SSSR count). The zero-order valence-corrected chi connectivity index (χ0v) is 18.2. The summed E-state index contributed by atoms with van der Waals surface area (Å²) in [7, 11) is 0. The lowest BCUT2D eigenvalue weighted by molar-refractivity contribution is -0.159. The number of alkyl halides is 1. The van der Waals surface area contributed by atoms with Crippen LogP contribution in [0.1, 0.15) is 33.4 Å². The van der Waals surface area contributed by atoms with Gasteiger partial charge in [-0.1, -0.05) is 24.4 Å². The molecule has 1 aliphatic rings. The molecule has 2 N–H and O–H groups in total. The number of halogens is 2. The van der Waals surface area contributed by atoms with E-state index in [1.54, 1.807) is 6.92 Å². The van der Waals surface area contributed by atoms with E-state index in [1.807, 2.05) is 0 Å². The maximum absolute atomic E-state index is 15.4. The molecule has 32 heavy (non-hydrogen) atoms. The van der Waals surface area contributed by atoms with Crippen LogP contribution in [-0.2, 0) is 30.3 Å². The Morgan fingerprint density at radius 2 is 2.06 bits per heavy atom. The van der Waals surface area contributed by atoms with Crippen molar-refractivity contribution >= 4 is 40.7 Å². The normalized spacial score (nSPS) is 23.6. The molecule has 0 spiro atoms. The third-order valence-electron chi connectivity index (χ3n) is 4.87. The summed E-state index contributed by atoms with van der Waals surface area (Å²) >= 11 is 6.17. The third kappa shape index (κ3) is 4.13. The first-order valence-electron chi connectivity index (χ1n) is 9.61. The molecule has 2 aromatic heterocycles. The highest BCUT2D eigenvalue weighted by Gasteiger charge is 2.53. The van der Waals surface area contributed by atoms with Crippen molar-refractivity contribution in [3.8, 4) is 12.3 Å². The molecule has 1 saturated heterocycles. The number of imidazole rings is 1. The Morgan fingerprint density at radius 1 is 1.38 bits per heavy atom. The summed E-state index contributed by atoms with van der Waals surface area (Å²) < 4.78 is 33.6. The molecule has 1 aliphatic heterocycles. The van der Waals surface area contributed by atoms with Crippen molar-refractivity contribution in [2.45, 2.75) is 64.4 Å². The first kappa shape index (κ1) is 23.5. The summed E-state index contributed by atoms with van der Waals surface area (Å²) in [5, 5.41) is -0.152. The lowest BCUT2D eigenvalue weighted by Gasteiger charge is -2.23. The van der Waals surface area contributed by atoms with E-state index in [9.17, 15) is 14.4 Å². The first-order chi connectivity index (χ1) is 15.1. The van der Waals surface area contributed by atoms with Gasteiger partial charge in [0.05, 0.1) is 6.54 Å². The molecule has 2 aromatic rings. The molecular formula is C19H21ClFN5O6. The Balaban J connectivity index is 2.21. The van der Waals surface area contributed by atoms with Gasteiger partial charge in [-0.15, -0.1) is 6.42 Å². The highest BCUT2D eigenvalue weighted by Crippen LogP contribution is 2.38. The number of nitrogens with two attached hydrogens (primary N) is 1. The Hall–Kier alpha value is -3.17. The number of esters is 2. The van der Waals surface area contributed by atoms with Gasteiger partial charge in [-0.25, -0.2) is 13.8 Å². The van der Waals surface area contributed by atoms with E-state index in [0.29, 0.717) is 0 Å². The highest BCUT2D eigenvalue weighted by molar-refractivity contribution is 6.33. The number of fused-ring (bicyclic) bond motifs is 1. The molecule has 1 fully saturated rings. The second-order valence-corrected chi connectivity index (χ2v) is 7.41. The van der Waals surface area contributed by atoms with Gasteiger partial charge in [0.2, 0.25) is 5.95 Å². The number of anilines is 1. The van der Waals surface area contributed by atoms with Crippen LogP contribution in [0, 0.1) is 12.3 Å². The van der Waals surface area contributed by atoms with Crippen molar-refractivity contribution in [3.63, 3.8) is 0 Å².